The van der Waals surface area contributed by atoms with Crippen molar-refractivity contribution in [3.63, 3.8) is 0 Å². The van der Waals surface area contributed by atoms with E-state index in [0.29, 0.717) is 18.8 Å². The first kappa shape index (κ1) is 16.5. The molecule has 1 amide bonds. The molecule has 128 valence electrons. The van der Waals surface area contributed by atoms with Gasteiger partial charge < -0.3 is 9.47 Å². The molecule has 2 aromatic heterocycles. The van der Waals surface area contributed by atoms with Crippen LogP contribution in [0.25, 0.3) is 5.57 Å². The number of hydrogen-bond donors (Lipinski definition) is 0. The highest BCUT2D eigenvalue weighted by atomic mass is 16.2. The van der Waals surface area contributed by atoms with Gasteiger partial charge in [-0.2, -0.15) is 5.10 Å². The molecule has 0 saturated carbocycles. The first-order chi connectivity index (χ1) is 11.3. The van der Waals surface area contributed by atoms with Crippen LogP contribution >= 0.6 is 0 Å². The molecule has 0 radical (unpaired) electrons. The number of nitrogens with zero attached hydrogens (tertiary/aromatic N) is 5. The maximum absolute atomic E-state index is 12.8. The Kier molecular flexibility index (Phi) is 4.07. The number of amides is 1. The highest BCUT2D eigenvalue weighted by Gasteiger charge is 2.26. The molecule has 0 unspecified atom stereocenters. The number of carbonyl (C=O) groups excluding carboxylic acids is 1. The van der Waals surface area contributed by atoms with Crippen LogP contribution in [-0.4, -0.2) is 43.2 Å². The van der Waals surface area contributed by atoms with Crippen molar-refractivity contribution < 1.29 is 4.79 Å². The molecule has 0 saturated heterocycles. The molecule has 0 aliphatic carbocycles. The Morgan fingerprint density at radius 2 is 2.00 bits per heavy atom. The zero-order chi connectivity index (χ0) is 17.5. The maximum atomic E-state index is 12.8. The minimum absolute atomic E-state index is 0.00348. The van der Waals surface area contributed by atoms with Crippen molar-refractivity contribution in [2.45, 2.75) is 32.6 Å². The summed E-state index contributed by atoms with van der Waals surface area (Å²) in [6.07, 6.45) is 6.65. The van der Waals surface area contributed by atoms with Crippen molar-refractivity contribution in [2.75, 3.05) is 13.1 Å². The third-order valence-corrected chi connectivity index (χ3v) is 4.47. The van der Waals surface area contributed by atoms with Crippen molar-refractivity contribution >= 4 is 11.5 Å². The molecule has 0 atom stereocenters. The van der Waals surface area contributed by atoms with Gasteiger partial charge >= 0.3 is 0 Å². The van der Waals surface area contributed by atoms with Gasteiger partial charge in [-0.15, -0.1) is 0 Å². The second-order valence-electron chi connectivity index (χ2n) is 7.38. The maximum Gasteiger partial charge on any atom is 0.274 e. The van der Waals surface area contributed by atoms with Crippen LogP contribution in [0.3, 0.4) is 0 Å². The van der Waals surface area contributed by atoms with Crippen LogP contribution in [0.15, 0.2) is 24.5 Å². The molecule has 3 rings (SSSR count). The van der Waals surface area contributed by atoms with Gasteiger partial charge in [0.15, 0.2) is 5.69 Å². The monoisotopic (exact) mass is 327 g/mol. The molecule has 2 aromatic rings. The van der Waals surface area contributed by atoms with E-state index < -0.39 is 0 Å². The minimum Gasteiger partial charge on any atom is -0.334 e. The molecule has 1 aliphatic rings. The summed E-state index contributed by atoms with van der Waals surface area (Å²) in [6.45, 7) is 7.67. The van der Waals surface area contributed by atoms with Gasteiger partial charge in [-0.25, -0.2) is 4.98 Å². The second kappa shape index (κ2) is 5.92. The van der Waals surface area contributed by atoms with E-state index in [0.717, 1.165) is 17.9 Å². The predicted molar refractivity (Wildman–Crippen MR) is 93.6 cm³/mol. The van der Waals surface area contributed by atoms with Gasteiger partial charge in [-0.1, -0.05) is 26.8 Å². The number of aromatic nitrogens is 4. The van der Waals surface area contributed by atoms with E-state index in [1.165, 1.54) is 5.57 Å². The lowest BCUT2D eigenvalue weighted by Crippen LogP contribution is -2.35. The summed E-state index contributed by atoms with van der Waals surface area (Å²) < 4.78 is 3.82. The summed E-state index contributed by atoms with van der Waals surface area (Å²) in [5.41, 5.74) is 2.75. The van der Waals surface area contributed by atoms with Crippen LogP contribution in [0.1, 0.15) is 49.2 Å². The Morgan fingerprint density at radius 3 is 2.50 bits per heavy atom. The fourth-order valence-corrected chi connectivity index (χ4v) is 3.17. The molecule has 0 N–H and O–H groups in total. The van der Waals surface area contributed by atoms with E-state index in [-0.39, 0.29) is 11.3 Å². The molecule has 0 spiro atoms. The smallest absolute Gasteiger partial charge is 0.274 e. The summed E-state index contributed by atoms with van der Waals surface area (Å²) in [5, 5.41) is 4.42. The first-order valence-electron chi connectivity index (χ1n) is 8.28. The van der Waals surface area contributed by atoms with Gasteiger partial charge in [0.1, 0.15) is 5.82 Å². The van der Waals surface area contributed by atoms with E-state index in [9.17, 15) is 4.79 Å². The summed E-state index contributed by atoms with van der Waals surface area (Å²) in [7, 11) is 3.88. The number of rotatable bonds is 2. The lowest BCUT2D eigenvalue weighted by atomic mass is 9.92. The van der Waals surface area contributed by atoms with Crippen LogP contribution in [0.5, 0.6) is 0 Å². The summed E-state index contributed by atoms with van der Waals surface area (Å²) >= 11 is 0. The van der Waals surface area contributed by atoms with Gasteiger partial charge in [-0.05, 0) is 18.1 Å². The van der Waals surface area contributed by atoms with E-state index in [1.54, 1.807) is 6.20 Å². The van der Waals surface area contributed by atoms with Gasteiger partial charge in [0.2, 0.25) is 0 Å². The predicted octanol–water partition coefficient (Wildman–Crippen LogP) is 2.38. The van der Waals surface area contributed by atoms with E-state index >= 15 is 0 Å². The average molecular weight is 327 g/mol. The fraction of sp³-hybridized carbons (Fsp3) is 0.500. The second-order valence-corrected chi connectivity index (χ2v) is 7.38. The zero-order valence-electron chi connectivity index (χ0n) is 15.1. The SMILES string of the molecule is Cn1ccnc1C1=CCN(C(=O)c2cc(C(C)(C)C)n(C)n2)CC1. The van der Waals surface area contributed by atoms with Crippen molar-refractivity contribution in [1.82, 2.24) is 24.2 Å². The summed E-state index contributed by atoms with van der Waals surface area (Å²) in [5.74, 6) is 0.978. The molecule has 0 bridgehead atoms. The number of carbonyl (C=O) groups is 1. The lowest BCUT2D eigenvalue weighted by Gasteiger charge is -2.25. The molecule has 6 nitrogen and oxygen atoms in total. The average Bonchev–Trinajstić information content (AvgIpc) is 3.12. The first-order valence-corrected chi connectivity index (χ1v) is 8.28. The Labute approximate surface area is 142 Å². The molecule has 3 heterocycles. The fourth-order valence-electron chi connectivity index (χ4n) is 3.17. The Hall–Kier alpha value is -2.37. The molecule has 1 aliphatic heterocycles. The standard InChI is InChI=1S/C18H25N5O/c1-18(2,3)15-12-14(20-22(15)5)17(24)23-9-6-13(7-10-23)16-19-8-11-21(16)4/h6,8,11-12H,7,9-10H2,1-5H3. The van der Waals surface area contributed by atoms with E-state index in [4.69, 9.17) is 0 Å². The Bertz CT molecular complexity index is 791. The number of hydrogen-bond acceptors (Lipinski definition) is 3. The van der Waals surface area contributed by atoms with Crippen LogP contribution in [0.2, 0.25) is 0 Å². The highest BCUT2D eigenvalue weighted by Crippen LogP contribution is 2.24. The van der Waals surface area contributed by atoms with Crippen molar-refractivity contribution in [3.05, 3.63) is 41.7 Å². The summed E-state index contributed by atoms with van der Waals surface area (Å²) in [6, 6.07) is 1.92. The van der Waals surface area contributed by atoms with Gasteiger partial charge in [-0.3, -0.25) is 9.48 Å². The van der Waals surface area contributed by atoms with E-state index in [2.05, 4.69) is 36.9 Å². The van der Waals surface area contributed by atoms with E-state index in [1.807, 2.05) is 40.5 Å². The third kappa shape index (κ3) is 3.00. The number of imidazole rings is 1. The molecule has 0 fully saturated rings. The van der Waals surface area contributed by atoms with Gasteiger partial charge in [0, 0.05) is 50.7 Å². The molecular weight excluding hydrogens is 302 g/mol. The highest BCUT2D eigenvalue weighted by molar-refractivity contribution is 5.93. The largest absolute Gasteiger partial charge is 0.334 e. The normalized spacial score (nSPS) is 15.5. The zero-order valence-corrected chi connectivity index (χ0v) is 15.1. The third-order valence-electron chi connectivity index (χ3n) is 4.47. The number of aryl methyl sites for hydroxylation is 2. The van der Waals surface area contributed by atoms with Crippen LogP contribution < -0.4 is 0 Å². The van der Waals surface area contributed by atoms with Crippen LogP contribution in [-0.2, 0) is 19.5 Å². The lowest BCUT2D eigenvalue weighted by molar-refractivity contribution is 0.0766. The molecule has 24 heavy (non-hydrogen) atoms. The van der Waals surface area contributed by atoms with Crippen molar-refractivity contribution in [1.29, 1.82) is 0 Å². The topological polar surface area (TPSA) is 56.0 Å². The quantitative estimate of drug-likeness (QED) is 0.851. The molecule has 6 heteroatoms. The van der Waals surface area contributed by atoms with Crippen molar-refractivity contribution in [2.24, 2.45) is 14.1 Å². The summed E-state index contributed by atoms with van der Waals surface area (Å²) in [4.78, 5) is 19.0. The molecule has 0 aromatic carbocycles. The van der Waals surface area contributed by atoms with Crippen molar-refractivity contribution in [3.8, 4) is 0 Å². The van der Waals surface area contributed by atoms with Crippen LogP contribution in [0.4, 0.5) is 0 Å². The molecular formula is C18H25N5O. The van der Waals surface area contributed by atoms with Gasteiger partial charge in [0.05, 0.1) is 0 Å². The van der Waals surface area contributed by atoms with Crippen LogP contribution in [0, 0.1) is 0 Å². The Morgan fingerprint density at radius 1 is 1.25 bits per heavy atom. The Balaban J connectivity index is 1.76. The van der Waals surface area contributed by atoms with Gasteiger partial charge in [0.25, 0.3) is 5.91 Å². The minimum atomic E-state index is -0.0343.